The maximum absolute atomic E-state index is 12.2. The van der Waals surface area contributed by atoms with Crippen molar-refractivity contribution in [3.05, 3.63) is 59.7 Å². The summed E-state index contributed by atoms with van der Waals surface area (Å²) in [7, 11) is 0. The fraction of sp³-hybridized carbons (Fsp3) is 0.278. The van der Waals surface area contributed by atoms with E-state index in [2.05, 4.69) is 29.2 Å². The van der Waals surface area contributed by atoms with Gasteiger partial charge in [-0.1, -0.05) is 36.4 Å². The van der Waals surface area contributed by atoms with Crippen molar-refractivity contribution in [3.8, 4) is 0 Å². The van der Waals surface area contributed by atoms with Crippen molar-refractivity contribution in [2.24, 2.45) is 0 Å². The number of carbonyl (C=O) groups is 1. The fourth-order valence-electron chi connectivity index (χ4n) is 2.91. The summed E-state index contributed by atoms with van der Waals surface area (Å²) in [4.78, 5) is 14.3. The maximum Gasteiger partial charge on any atom is 0.328 e. The van der Waals surface area contributed by atoms with Gasteiger partial charge >= 0.3 is 5.97 Å². The third-order valence-electron chi connectivity index (χ3n) is 3.90. The normalized spacial score (nSPS) is 14.1. The molecule has 2 aromatic rings. The van der Waals surface area contributed by atoms with Crippen molar-refractivity contribution in [2.75, 3.05) is 11.5 Å². The Kier molecular flexibility index (Phi) is 3.65. The molecule has 0 N–H and O–H groups in total. The molecule has 108 valence electrons. The molecule has 1 aliphatic heterocycles. The minimum absolute atomic E-state index is 0.191. The van der Waals surface area contributed by atoms with E-state index in [0.29, 0.717) is 6.61 Å². The molecule has 21 heavy (non-hydrogen) atoms. The summed E-state index contributed by atoms with van der Waals surface area (Å²) in [5.41, 5.74) is 4.67. The topological polar surface area (TPSA) is 29.5 Å². The van der Waals surface area contributed by atoms with Gasteiger partial charge in [-0.15, -0.1) is 0 Å². The molecule has 0 saturated heterocycles. The zero-order valence-corrected chi connectivity index (χ0v) is 12.4. The van der Waals surface area contributed by atoms with E-state index in [-0.39, 0.29) is 12.0 Å². The standard InChI is InChI=1S/C18H19NO2/c1-3-21-18(20)13(2)19-16-10-6-4-8-14(16)12-15-9-5-7-11-17(15)19/h4-11,13H,3,12H2,1-2H3. The first-order valence-corrected chi connectivity index (χ1v) is 7.34. The van der Waals surface area contributed by atoms with Gasteiger partial charge in [-0.3, -0.25) is 0 Å². The van der Waals surface area contributed by atoms with Crippen LogP contribution in [0.5, 0.6) is 0 Å². The Labute approximate surface area is 125 Å². The molecule has 3 heteroatoms. The number of nitrogens with zero attached hydrogens (tertiary/aromatic N) is 1. The molecule has 0 aliphatic carbocycles. The van der Waals surface area contributed by atoms with Crippen molar-refractivity contribution >= 4 is 17.3 Å². The quantitative estimate of drug-likeness (QED) is 0.804. The van der Waals surface area contributed by atoms with Crippen LogP contribution in [0.4, 0.5) is 11.4 Å². The fourth-order valence-corrected chi connectivity index (χ4v) is 2.91. The average molecular weight is 281 g/mol. The molecule has 0 spiro atoms. The molecule has 1 unspecified atom stereocenters. The molecular formula is C18H19NO2. The first-order chi connectivity index (χ1) is 10.2. The van der Waals surface area contributed by atoms with Crippen LogP contribution in [-0.4, -0.2) is 18.6 Å². The predicted molar refractivity (Wildman–Crippen MR) is 83.9 cm³/mol. The van der Waals surface area contributed by atoms with E-state index in [1.165, 1.54) is 11.1 Å². The third-order valence-corrected chi connectivity index (χ3v) is 3.90. The highest BCUT2D eigenvalue weighted by Crippen LogP contribution is 2.39. The van der Waals surface area contributed by atoms with Crippen LogP contribution in [0.15, 0.2) is 48.5 Å². The van der Waals surface area contributed by atoms with E-state index >= 15 is 0 Å². The molecular weight excluding hydrogens is 262 g/mol. The molecule has 0 aromatic heterocycles. The second kappa shape index (κ2) is 5.60. The largest absolute Gasteiger partial charge is 0.464 e. The summed E-state index contributed by atoms with van der Waals surface area (Å²) in [6, 6.07) is 16.1. The highest BCUT2D eigenvalue weighted by molar-refractivity contribution is 5.86. The van der Waals surface area contributed by atoms with E-state index in [0.717, 1.165) is 17.8 Å². The van der Waals surface area contributed by atoms with Crippen molar-refractivity contribution in [2.45, 2.75) is 26.3 Å². The van der Waals surface area contributed by atoms with Gasteiger partial charge in [0.2, 0.25) is 0 Å². The van der Waals surface area contributed by atoms with Crippen LogP contribution < -0.4 is 4.90 Å². The Morgan fingerprint density at radius 3 is 2.14 bits per heavy atom. The Hall–Kier alpha value is -2.29. The number of hydrogen-bond donors (Lipinski definition) is 0. The Morgan fingerprint density at radius 1 is 1.10 bits per heavy atom. The van der Waals surface area contributed by atoms with Crippen molar-refractivity contribution in [1.29, 1.82) is 0 Å². The van der Waals surface area contributed by atoms with Gasteiger partial charge in [0.25, 0.3) is 0 Å². The molecule has 0 radical (unpaired) electrons. The molecule has 3 rings (SSSR count). The van der Waals surface area contributed by atoms with Gasteiger partial charge in [-0.2, -0.15) is 0 Å². The molecule has 2 aromatic carbocycles. The zero-order chi connectivity index (χ0) is 14.8. The van der Waals surface area contributed by atoms with Crippen LogP contribution in [0, 0.1) is 0 Å². The molecule has 0 fully saturated rings. The lowest BCUT2D eigenvalue weighted by Crippen LogP contribution is -2.39. The Morgan fingerprint density at radius 2 is 1.62 bits per heavy atom. The van der Waals surface area contributed by atoms with Crippen LogP contribution in [0.25, 0.3) is 0 Å². The van der Waals surface area contributed by atoms with Gasteiger partial charge in [0, 0.05) is 17.8 Å². The van der Waals surface area contributed by atoms with Crippen LogP contribution in [-0.2, 0) is 16.0 Å². The molecule has 3 nitrogen and oxygen atoms in total. The predicted octanol–water partition coefficient (Wildman–Crippen LogP) is 3.68. The summed E-state index contributed by atoms with van der Waals surface area (Å²) in [5, 5.41) is 0. The number of fused-ring (bicyclic) bond motifs is 2. The second-order valence-electron chi connectivity index (χ2n) is 5.23. The molecule has 0 amide bonds. The number of anilines is 2. The minimum atomic E-state index is -0.340. The number of carbonyl (C=O) groups excluding carboxylic acids is 1. The van der Waals surface area contributed by atoms with Gasteiger partial charge < -0.3 is 9.64 Å². The minimum Gasteiger partial charge on any atom is -0.464 e. The molecule has 1 aliphatic rings. The average Bonchev–Trinajstić information content (AvgIpc) is 2.52. The highest BCUT2D eigenvalue weighted by Gasteiger charge is 2.30. The molecule has 0 bridgehead atoms. The van der Waals surface area contributed by atoms with Crippen LogP contribution >= 0.6 is 0 Å². The number of esters is 1. The number of benzene rings is 2. The number of ether oxygens (including phenoxy) is 1. The molecule has 1 atom stereocenters. The highest BCUT2D eigenvalue weighted by atomic mass is 16.5. The maximum atomic E-state index is 12.2. The van der Waals surface area contributed by atoms with E-state index < -0.39 is 0 Å². The van der Waals surface area contributed by atoms with Crippen molar-refractivity contribution in [1.82, 2.24) is 0 Å². The SMILES string of the molecule is CCOC(=O)C(C)N1c2ccccc2Cc2ccccc21. The molecule has 0 saturated carbocycles. The van der Waals surface area contributed by atoms with Gasteiger partial charge in [-0.25, -0.2) is 4.79 Å². The van der Waals surface area contributed by atoms with Crippen molar-refractivity contribution in [3.63, 3.8) is 0 Å². The lowest BCUT2D eigenvalue weighted by Gasteiger charge is -2.36. The van der Waals surface area contributed by atoms with Crippen LogP contribution in [0.3, 0.4) is 0 Å². The van der Waals surface area contributed by atoms with E-state index in [4.69, 9.17) is 4.74 Å². The molecule has 1 heterocycles. The summed E-state index contributed by atoms with van der Waals surface area (Å²) < 4.78 is 5.21. The lowest BCUT2D eigenvalue weighted by molar-refractivity contribution is -0.144. The van der Waals surface area contributed by atoms with Gasteiger partial charge in [0.1, 0.15) is 6.04 Å². The Balaban J connectivity index is 2.08. The summed E-state index contributed by atoms with van der Waals surface area (Å²) >= 11 is 0. The van der Waals surface area contributed by atoms with E-state index in [9.17, 15) is 4.79 Å². The second-order valence-corrected chi connectivity index (χ2v) is 5.23. The summed E-state index contributed by atoms with van der Waals surface area (Å²) in [5.74, 6) is -0.191. The van der Waals surface area contributed by atoms with Gasteiger partial charge in [0.15, 0.2) is 0 Å². The summed E-state index contributed by atoms with van der Waals surface area (Å²) in [6.07, 6.45) is 0.901. The van der Waals surface area contributed by atoms with E-state index in [1.54, 1.807) is 0 Å². The number of para-hydroxylation sites is 2. The lowest BCUT2D eigenvalue weighted by atomic mass is 9.94. The van der Waals surface area contributed by atoms with Gasteiger partial charge in [0.05, 0.1) is 6.61 Å². The monoisotopic (exact) mass is 281 g/mol. The number of rotatable bonds is 3. The third kappa shape index (κ3) is 2.40. The Bertz CT molecular complexity index is 620. The first kappa shape index (κ1) is 13.7. The first-order valence-electron chi connectivity index (χ1n) is 7.34. The van der Waals surface area contributed by atoms with Crippen LogP contribution in [0.2, 0.25) is 0 Å². The van der Waals surface area contributed by atoms with Gasteiger partial charge in [-0.05, 0) is 37.1 Å². The van der Waals surface area contributed by atoms with Crippen molar-refractivity contribution < 1.29 is 9.53 Å². The van der Waals surface area contributed by atoms with Crippen LogP contribution in [0.1, 0.15) is 25.0 Å². The van der Waals surface area contributed by atoms with E-state index in [1.807, 2.05) is 38.1 Å². The summed E-state index contributed by atoms with van der Waals surface area (Å²) in [6.45, 7) is 4.14. The number of hydrogen-bond acceptors (Lipinski definition) is 3. The smallest absolute Gasteiger partial charge is 0.328 e. The zero-order valence-electron chi connectivity index (χ0n) is 12.4.